The Morgan fingerprint density at radius 1 is 1.20 bits per heavy atom. The largest absolute Gasteiger partial charge is 0.466 e. The zero-order valence-corrected chi connectivity index (χ0v) is 11.7. The molecule has 0 saturated carbocycles. The molecule has 3 rings (SSSR count). The van der Waals surface area contributed by atoms with Crippen molar-refractivity contribution in [1.82, 2.24) is 0 Å². The third-order valence-corrected chi connectivity index (χ3v) is 3.78. The maximum Gasteiger partial charge on any atom is 0.228 e. The smallest absolute Gasteiger partial charge is 0.228 e. The van der Waals surface area contributed by atoms with Crippen molar-refractivity contribution in [3.05, 3.63) is 52.0 Å². The fraction of sp³-hybridized carbons (Fsp3) is 0.250. The van der Waals surface area contributed by atoms with Crippen molar-refractivity contribution >= 4 is 17.4 Å². The molecule has 0 saturated heterocycles. The standard InChI is InChI=1S/C16H15NO3/c1-8-9(2)20-10(3)15(8)16(19)11-4-5-13-12(6-11)7-14(18)17-13/h4-6H,7H2,1-3H3,(H,17,18). The number of hydrogen-bond donors (Lipinski definition) is 1. The minimum atomic E-state index is -0.0565. The summed E-state index contributed by atoms with van der Waals surface area (Å²) in [5, 5.41) is 2.76. The molecule has 1 aromatic carbocycles. The fourth-order valence-corrected chi connectivity index (χ4v) is 2.64. The molecule has 2 heterocycles. The normalized spacial score (nSPS) is 13.2. The Bertz CT molecular complexity index is 740. The molecule has 20 heavy (non-hydrogen) atoms. The predicted octanol–water partition coefficient (Wildman–Crippen LogP) is 2.93. The minimum Gasteiger partial charge on any atom is -0.466 e. The molecule has 4 heteroatoms. The maximum absolute atomic E-state index is 12.6. The van der Waals surface area contributed by atoms with Crippen LogP contribution >= 0.6 is 0 Å². The third-order valence-electron chi connectivity index (χ3n) is 3.78. The van der Waals surface area contributed by atoms with Gasteiger partial charge < -0.3 is 9.73 Å². The molecule has 2 aromatic rings. The van der Waals surface area contributed by atoms with Crippen molar-refractivity contribution < 1.29 is 14.0 Å². The van der Waals surface area contributed by atoms with Crippen LogP contribution in [0.1, 0.15) is 38.6 Å². The van der Waals surface area contributed by atoms with Crippen LogP contribution in [0.2, 0.25) is 0 Å². The van der Waals surface area contributed by atoms with Crippen LogP contribution in [0.3, 0.4) is 0 Å². The number of nitrogens with one attached hydrogen (secondary N) is 1. The lowest BCUT2D eigenvalue weighted by Crippen LogP contribution is -2.04. The van der Waals surface area contributed by atoms with Crippen LogP contribution in [0, 0.1) is 20.8 Å². The second-order valence-electron chi connectivity index (χ2n) is 5.14. The summed E-state index contributed by atoms with van der Waals surface area (Å²) in [5.41, 5.74) is 3.76. The number of carbonyl (C=O) groups excluding carboxylic acids is 2. The lowest BCUT2D eigenvalue weighted by molar-refractivity contribution is -0.115. The van der Waals surface area contributed by atoms with Gasteiger partial charge in [0, 0.05) is 16.8 Å². The van der Waals surface area contributed by atoms with Crippen LogP contribution in [0.25, 0.3) is 0 Å². The number of anilines is 1. The summed E-state index contributed by atoms with van der Waals surface area (Å²) in [4.78, 5) is 24.0. The third kappa shape index (κ3) is 1.84. The van der Waals surface area contributed by atoms with Gasteiger partial charge >= 0.3 is 0 Å². The number of furan rings is 1. The van der Waals surface area contributed by atoms with Gasteiger partial charge in [0.05, 0.1) is 12.0 Å². The molecule has 0 aliphatic carbocycles. The quantitative estimate of drug-likeness (QED) is 0.853. The van der Waals surface area contributed by atoms with Crippen LogP contribution in [0.15, 0.2) is 22.6 Å². The second kappa shape index (κ2) is 4.34. The van der Waals surface area contributed by atoms with Gasteiger partial charge in [0.2, 0.25) is 5.91 Å². The van der Waals surface area contributed by atoms with Crippen molar-refractivity contribution in [2.75, 3.05) is 5.32 Å². The summed E-state index contributed by atoms with van der Waals surface area (Å²) >= 11 is 0. The van der Waals surface area contributed by atoms with E-state index in [-0.39, 0.29) is 11.7 Å². The summed E-state index contributed by atoms with van der Waals surface area (Å²) in [6, 6.07) is 5.32. The Morgan fingerprint density at radius 2 is 1.95 bits per heavy atom. The van der Waals surface area contributed by atoms with Gasteiger partial charge in [-0.1, -0.05) is 0 Å². The summed E-state index contributed by atoms with van der Waals surface area (Å²) in [6.45, 7) is 5.54. The van der Waals surface area contributed by atoms with Crippen LogP contribution < -0.4 is 5.32 Å². The van der Waals surface area contributed by atoms with E-state index < -0.39 is 0 Å². The first-order valence-electron chi connectivity index (χ1n) is 6.51. The van der Waals surface area contributed by atoms with Gasteiger partial charge in [0.1, 0.15) is 11.5 Å². The second-order valence-corrected chi connectivity index (χ2v) is 5.14. The number of benzene rings is 1. The molecule has 4 nitrogen and oxygen atoms in total. The molecule has 0 bridgehead atoms. The number of carbonyl (C=O) groups is 2. The highest BCUT2D eigenvalue weighted by atomic mass is 16.3. The Labute approximate surface area is 116 Å². The van der Waals surface area contributed by atoms with Gasteiger partial charge in [-0.05, 0) is 44.5 Å². The van der Waals surface area contributed by atoms with Gasteiger partial charge in [0.15, 0.2) is 5.78 Å². The van der Waals surface area contributed by atoms with E-state index in [9.17, 15) is 9.59 Å². The number of rotatable bonds is 2. The van der Waals surface area contributed by atoms with Gasteiger partial charge in [-0.15, -0.1) is 0 Å². The van der Waals surface area contributed by atoms with Crippen molar-refractivity contribution in [2.45, 2.75) is 27.2 Å². The molecular weight excluding hydrogens is 254 g/mol. The number of fused-ring (bicyclic) bond motifs is 1. The highest BCUT2D eigenvalue weighted by molar-refractivity contribution is 6.11. The lowest BCUT2D eigenvalue weighted by Gasteiger charge is -2.04. The molecular formula is C16H15NO3. The molecule has 0 radical (unpaired) electrons. The van der Waals surface area contributed by atoms with Gasteiger partial charge in [-0.25, -0.2) is 0 Å². The SMILES string of the molecule is Cc1oc(C)c(C(=O)c2ccc3c(c2)CC(=O)N3)c1C. The topological polar surface area (TPSA) is 59.3 Å². The number of aryl methyl sites for hydroxylation is 2. The van der Waals surface area contributed by atoms with E-state index in [1.165, 1.54) is 0 Å². The van der Waals surface area contributed by atoms with Gasteiger partial charge in [-0.3, -0.25) is 9.59 Å². The Morgan fingerprint density at radius 3 is 2.60 bits per heavy atom. The molecule has 1 N–H and O–H groups in total. The van der Waals surface area contributed by atoms with Gasteiger partial charge in [-0.2, -0.15) is 0 Å². The summed E-state index contributed by atoms with van der Waals surface area (Å²) in [6.07, 6.45) is 0.332. The van der Waals surface area contributed by atoms with E-state index in [1.54, 1.807) is 25.1 Å². The molecule has 1 aliphatic heterocycles. The maximum atomic E-state index is 12.6. The first-order chi connectivity index (χ1) is 9.47. The van der Waals surface area contributed by atoms with Crippen molar-refractivity contribution in [2.24, 2.45) is 0 Å². The van der Waals surface area contributed by atoms with E-state index in [0.717, 1.165) is 22.6 Å². The van der Waals surface area contributed by atoms with E-state index in [2.05, 4.69) is 5.32 Å². The molecule has 0 fully saturated rings. The first-order valence-corrected chi connectivity index (χ1v) is 6.51. The van der Waals surface area contributed by atoms with Gasteiger partial charge in [0.25, 0.3) is 0 Å². The number of hydrogen-bond acceptors (Lipinski definition) is 3. The first kappa shape index (κ1) is 12.7. The van der Waals surface area contributed by atoms with E-state index in [0.29, 0.717) is 23.3 Å². The molecule has 0 spiro atoms. The Kier molecular flexibility index (Phi) is 2.74. The van der Waals surface area contributed by atoms with Crippen molar-refractivity contribution in [1.29, 1.82) is 0 Å². The molecule has 1 aromatic heterocycles. The molecule has 102 valence electrons. The average Bonchev–Trinajstić information content (AvgIpc) is 2.87. The van der Waals surface area contributed by atoms with E-state index in [1.807, 2.05) is 13.8 Å². The zero-order valence-electron chi connectivity index (χ0n) is 11.7. The van der Waals surface area contributed by atoms with Crippen LogP contribution in [-0.4, -0.2) is 11.7 Å². The fourth-order valence-electron chi connectivity index (χ4n) is 2.64. The lowest BCUT2D eigenvalue weighted by atomic mass is 9.97. The Hall–Kier alpha value is -2.36. The van der Waals surface area contributed by atoms with Crippen LogP contribution in [0.4, 0.5) is 5.69 Å². The highest BCUT2D eigenvalue weighted by Gasteiger charge is 2.23. The highest BCUT2D eigenvalue weighted by Crippen LogP contribution is 2.28. The molecule has 0 unspecified atom stereocenters. The monoisotopic (exact) mass is 269 g/mol. The summed E-state index contributed by atoms with van der Waals surface area (Å²) in [5.74, 6) is 1.32. The number of ketones is 1. The van der Waals surface area contributed by atoms with Crippen molar-refractivity contribution in [3.8, 4) is 0 Å². The van der Waals surface area contributed by atoms with E-state index in [4.69, 9.17) is 4.42 Å². The Balaban J connectivity index is 2.04. The predicted molar refractivity (Wildman–Crippen MR) is 75.1 cm³/mol. The minimum absolute atomic E-state index is 0.0314. The zero-order chi connectivity index (χ0) is 14.4. The molecule has 0 atom stereocenters. The summed E-state index contributed by atoms with van der Waals surface area (Å²) in [7, 11) is 0. The van der Waals surface area contributed by atoms with Crippen molar-refractivity contribution in [3.63, 3.8) is 0 Å². The van der Waals surface area contributed by atoms with Crippen LogP contribution in [-0.2, 0) is 11.2 Å². The average molecular weight is 269 g/mol. The van der Waals surface area contributed by atoms with E-state index >= 15 is 0 Å². The molecule has 1 amide bonds. The van der Waals surface area contributed by atoms with Crippen LogP contribution in [0.5, 0.6) is 0 Å². The molecule has 1 aliphatic rings. The summed E-state index contributed by atoms with van der Waals surface area (Å²) < 4.78 is 5.51. The number of amides is 1.